The molecule has 3 aromatic rings. The maximum absolute atomic E-state index is 12.8. The number of imidazole rings is 2. The van der Waals surface area contributed by atoms with Crippen LogP contribution in [0.15, 0.2) is 36.7 Å². The smallest absolute Gasteiger partial charge is 0.248 e. The number of carbonyl (C=O) groups excluding carboxylic acids is 2. The average Bonchev–Trinajstić information content (AvgIpc) is 3.33. The van der Waals surface area contributed by atoms with Gasteiger partial charge in [0.05, 0.1) is 17.9 Å². The van der Waals surface area contributed by atoms with E-state index in [0.717, 1.165) is 35.0 Å². The van der Waals surface area contributed by atoms with Crippen LogP contribution in [-0.4, -0.2) is 42.8 Å². The second kappa shape index (κ2) is 7.54. The van der Waals surface area contributed by atoms with Crippen molar-refractivity contribution in [3.05, 3.63) is 59.4 Å². The molecule has 8 nitrogen and oxygen atoms in total. The fourth-order valence-corrected chi connectivity index (χ4v) is 3.77. The minimum Gasteiger partial charge on any atom is -0.366 e. The lowest BCUT2D eigenvalue weighted by Gasteiger charge is -2.27. The van der Waals surface area contributed by atoms with Gasteiger partial charge in [0.2, 0.25) is 11.8 Å². The Balaban J connectivity index is 1.45. The summed E-state index contributed by atoms with van der Waals surface area (Å²) in [7, 11) is 0. The summed E-state index contributed by atoms with van der Waals surface area (Å²) < 4.78 is 2.03. The minimum atomic E-state index is -0.454. The van der Waals surface area contributed by atoms with Gasteiger partial charge in [0.1, 0.15) is 11.6 Å². The third-order valence-electron chi connectivity index (χ3n) is 5.43. The van der Waals surface area contributed by atoms with Crippen molar-refractivity contribution in [2.24, 2.45) is 5.73 Å². The highest BCUT2D eigenvalue weighted by atomic mass is 16.2. The van der Waals surface area contributed by atoms with Gasteiger partial charge in [-0.1, -0.05) is 12.1 Å². The topological polar surface area (TPSA) is 110 Å². The first-order chi connectivity index (χ1) is 13.9. The fraction of sp³-hybridized carbons (Fsp3) is 0.333. The minimum absolute atomic E-state index is 0.0625. The second-order valence-electron chi connectivity index (χ2n) is 7.45. The van der Waals surface area contributed by atoms with Crippen molar-refractivity contribution in [3.63, 3.8) is 0 Å². The van der Waals surface area contributed by atoms with Crippen LogP contribution in [-0.2, 0) is 17.8 Å². The average molecular weight is 392 g/mol. The van der Waals surface area contributed by atoms with Crippen LogP contribution in [0.1, 0.15) is 47.0 Å². The first-order valence-electron chi connectivity index (χ1n) is 9.67. The second-order valence-corrected chi connectivity index (χ2v) is 7.45. The van der Waals surface area contributed by atoms with E-state index in [2.05, 4.69) is 15.0 Å². The molecule has 0 aliphatic carbocycles. The van der Waals surface area contributed by atoms with Crippen LogP contribution in [0.2, 0.25) is 0 Å². The zero-order chi connectivity index (χ0) is 20.5. The van der Waals surface area contributed by atoms with Crippen LogP contribution in [0.5, 0.6) is 0 Å². The fourth-order valence-electron chi connectivity index (χ4n) is 3.77. The van der Waals surface area contributed by atoms with Crippen molar-refractivity contribution in [2.75, 3.05) is 6.54 Å². The van der Waals surface area contributed by atoms with Gasteiger partial charge < -0.3 is 20.2 Å². The Hall–Kier alpha value is -3.42. The summed E-state index contributed by atoms with van der Waals surface area (Å²) in [6.07, 6.45) is 4.81. The molecule has 3 heterocycles. The van der Waals surface area contributed by atoms with Crippen LogP contribution >= 0.6 is 0 Å². The van der Waals surface area contributed by atoms with Gasteiger partial charge in [-0.15, -0.1) is 0 Å². The summed E-state index contributed by atoms with van der Waals surface area (Å²) in [6.45, 7) is 5.16. The van der Waals surface area contributed by atoms with E-state index in [4.69, 9.17) is 5.73 Å². The van der Waals surface area contributed by atoms with Crippen LogP contribution in [0.3, 0.4) is 0 Å². The number of benzene rings is 1. The van der Waals surface area contributed by atoms with Gasteiger partial charge >= 0.3 is 0 Å². The summed E-state index contributed by atoms with van der Waals surface area (Å²) in [6, 6.07) is 7.08. The van der Waals surface area contributed by atoms with Crippen LogP contribution in [0.4, 0.5) is 0 Å². The van der Waals surface area contributed by atoms with Crippen molar-refractivity contribution < 1.29 is 9.59 Å². The van der Waals surface area contributed by atoms with Crippen molar-refractivity contribution in [1.82, 2.24) is 24.4 Å². The Morgan fingerprint density at radius 1 is 1.28 bits per heavy atom. The number of aromatic amines is 1. The van der Waals surface area contributed by atoms with Gasteiger partial charge in [0.25, 0.3) is 0 Å². The quantitative estimate of drug-likeness (QED) is 0.694. The first kappa shape index (κ1) is 18.9. The van der Waals surface area contributed by atoms with Crippen LogP contribution in [0, 0.1) is 6.92 Å². The van der Waals surface area contributed by atoms with Gasteiger partial charge in [0, 0.05) is 48.9 Å². The largest absolute Gasteiger partial charge is 0.366 e. The Morgan fingerprint density at radius 3 is 2.69 bits per heavy atom. The van der Waals surface area contributed by atoms with E-state index >= 15 is 0 Å². The van der Waals surface area contributed by atoms with Crippen molar-refractivity contribution in [3.8, 4) is 11.4 Å². The molecule has 150 valence electrons. The Kier molecular flexibility index (Phi) is 4.92. The number of carbonyl (C=O) groups is 2. The normalized spacial score (nSPS) is 14.5. The molecule has 2 aromatic heterocycles. The standard InChI is InChI=1S/C21H24N6O2/c1-13(27-10-8-23-14(27)2)11-19(28)26-9-7-17-18(12-26)25-21(24-17)16-5-3-15(4-6-16)20(22)29/h3-6,8,10,13H,7,9,11-12H2,1-2H3,(H2,22,29)(H,24,25). The predicted octanol–water partition coefficient (Wildman–Crippen LogP) is 2.22. The van der Waals surface area contributed by atoms with Gasteiger partial charge in [-0.2, -0.15) is 0 Å². The molecule has 0 spiro atoms. The van der Waals surface area contributed by atoms with Crippen LogP contribution < -0.4 is 5.73 Å². The summed E-state index contributed by atoms with van der Waals surface area (Å²) in [5.74, 6) is 1.32. The monoisotopic (exact) mass is 392 g/mol. The third kappa shape index (κ3) is 3.78. The molecule has 1 unspecified atom stereocenters. The molecule has 1 aromatic carbocycles. The molecular formula is C21H24N6O2. The van der Waals surface area contributed by atoms with Gasteiger partial charge in [-0.3, -0.25) is 9.59 Å². The lowest BCUT2D eigenvalue weighted by Crippen LogP contribution is -2.37. The predicted molar refractivity (Wildman–Crippen MR) is 108 cm³/mol. The molecular weight excluding hydrogens is 368 g/mol. The SMILES string of the molecule is Cc1nccn1C(C)CC(=O)N1CCc2nc(-c3ccc(C(N)=O)cc3)[nH]c2C1. The number of amides is 2. The molecule has 0 bridgehead atoms. The molecule has 0 fully saturated rings. The molecule has 1 aliphatic rings. The van der Waals surface area contributed by atoms with Gasteiger partial charge in [-0.05, 0) is 26.0 Å². The molecule has 8 heteroatoms. The summed E-state index contributed by atoms with van der Waals surface area (Å²) in [5, 5.41) is 0. The number of primary amides is 1. The lowest BCUT2D eigenvalue weighted by atomic mass is 10.1. The molecule has 0 radical (unpaired) electrons. The number of nitrogens with zero attached hydrogens (tertiary/aromatic N) is 4. The number of nitrogens with two attached hydrogens (primary N) is 1. The van der Waals surface area contributed by atoms with E-state index in [0.29, 0.717) is 25.1 Å². The Morgan fingerprint density at radius 2 is 2.03 bits per heavy atom. The van der Waals surface area contributed by atoms with Gasteiger partial charge in [0.15, 0.2) is 0 Å². The molecule has 2 amide bonds. The van der Waals surface area contributed by atoms with E-state index in [1.54, 1.807) is 18.3 Å². The van der Waals surface area contributed by atoms with E-state index < -0.39 is 5.91 Å². The molecule has 4 rings (SSSR count). The van der Waals surface area contributed by atoms with E-state index in [1.165, 1.54) is 0 Å². The number of fused-ring (bicyclic) bond motifs is 1. The first-order valence-corrected chi connectivity index (χ1v) is 9.67. The maximum Gasteiger partial charge on any atom is 0.248 e. The molecule has 0 saturated heterocycles. The number of nitrogens with one attached hydrogen (secondary N) is 1. The molecule has 1 aliphatic heterocycles. The number of aryl methyl sites for hydroxylation is 1. The summed E-state index contributed by atoms with van der Waals surface area (Å²) in [4.78, 5) is 38.2. The number of hydrogen-bond donors (Lipinski definition) is 2. The molecule has 0 saturated carbocycles. The highest BCUT2D eigenvalue weighted by molar-refractivity contribution is 5.93. The Bertz CT molecular complexity index is 1050. The van der Waals surface area contributed by atoms with Gasteiger partial charge in [-0.25, -0.2) is 9.97 Å². The number of aromatic nitrogens is 4. The summed E-state index contributed by atoms with van der Waals surface area (Å²) in [5.41, 5.74) is 8.59. The maximum atomic E-state index is 12.8. The van der Waals surface area contributed by atoms with Crippen molar-refractivity contribution in [2.45, 2.75) is 39.3 Å². The zero-order valence-electron chi connectivity index (χ0n) is 16.6. The number of rotatable bonds is 5. The molecule has 29 heavy (non-hydrogen) atoms. The van der Waals surface area contributed by atoms with E-state index in [-0.39, 0.29) is 11.9 Å². The summed E-state index contributed by atoms with van der Waals surface area (Å²) >= 11 is 0. The van der Waals surface area contributed by atoms with Crippen LogP contribution in [0.25, 0.3) is 11.4 Å². The highest BCUT2D eigenvalue weighted by Crippen LogP contribution is 2.24. The number of hydrogen-bond acceptors (Lipinski definition) is 4. The van der Waals surface area contributed by atoms with E-state index in [9.17, 15) is 9.59 Å². The highest BCUT2D eigenvalue weighted by Gasteiger charge is 2.25. The Labute approximate surface area is 168 Å². The van der Waals surface area contributed by atoms with Crippen molar-refractivity contribution >= 4 is 11.8 Å². The number of H-pyrrole nitrogens is 1. The van der Waals surface area contributed by atoms with Crippen molar-refractivity contribution in [1.29, 1.82) is 0 Å². The molecule has 3 N–H and O–H groups in total. The molecule has 1 atom stereocenters. The lowest BCUT2D eigenvalue weighted by molar-refractivity contribution is -0.132. The zero-order valence-corrected chi connectivity index (χ0v) is 16.6. The van der Waals surface area contributed by atoms with E-state index in [1.807, 2.05) is 41.6 Å². The third-order valence-corrected chi connectivity index (χ3v) is 5.43.